The van der Waals surface area contributed by atoms with Crippen molar-refractivity contribution in [3.63, 3.8) is 0 Å². The summed E-state index contributed by atoms with van der Waals surface area (Å²) >= 11 is 7.88. The molecule has 0 fully saturated rings. The minimum atomic E-state index is -0.00629. The predicted octanol–water partition coefficient (Wildman–Crippen LogP) is 5.22. The molecule has 2 nitrogen and oxygen atoms in total. The number of rotatable bonds is 2. The molecule has 0 amide bonds. The minimum Gasteiger partial charge on any atom is -0.455 e. The van der Waals surface area contributed by atoms with E-state index in [2.05, 4.69) is 0 Å². The first-order chi connectivity index (χ1) is 10.1. The third-order valence-electron chi connectivity index (χ3n) is 3.06. The number of hydrogen-bond acceptors (Lipinski definition) is 2. The summed E-state index contributed by atoms with van der Waals surface area (Å²) in [6.07, 6.45) is 3.70. The maximum atomic E-state index is 12.3. The predicted molar refractivity (Wildman–Crippen MR) is 95.6 cm³/mol. The van der Waals surface area contributed by atoms with Crippen molar-refractivity contribution < 1.29 is 4.42 Å². The normalized spacial score (nSPS) is 11.3. The molecule has 4 heteroatoms. The second kappa shape index (κ2) is 6.03. The maximum Gasteiger partial charge on any atom is 0.206 e. The molecule has 0 saturated carbocycles. The fraction of sp³-hybridized carbons (Fsp3) is 0. The number of halogens is 2. The molecule has 0 atom stereocenters. The van der Waals surface area contributed by atoms with Crippen LogP contribution in [0.3, 0.4) is 0 Å². The van der Waals surface area contributed by atoms with Crippen molar-refractivity contribution in [3.8, 4) is 0 Å². The summed E-state index contributed by atoms with van der Waals surface area (Å²) in [6.45, 7) is 0. The van der Waals surface area contributed by atoms with Crippen LogP contribution in [0, 0.1) is 3.57 Å². The summed E-state index contributed by atoms with van der Waals surface area (Å²) in [4.78, 5) is 12.3. The molecule has 0 bridgehead atoms. The second-order valence-electron chi connectivity index (χ2n) is 4.49. The Morgan fingerprint density at radius 3 is 2.48 bits per heavy atom. The second-order valence-corrected chi connectivity index (χ2v) is 6.01. The molecule has 104 valence electrons. The van der Waals surface area contributed by atoms with Crippen LogP contribution >= 0.6 is 34.2 Å². The van der Waals surface area contributed by atoms with E-state index >= 15 is 0 Å². The highest BCUT2D eigenvalue weighted by atomic mass is 127. The maximum absolute atomic E-state index is 12.3. The summed E-state index contributed by atoms with van der Waals surface area (Å²) in [5.41, 5.74) is 1.58. The Bertz CT molecular complexity index is 879. The van der Waals surface area contributed by atoms with E-state index in [-0.39, 0.29) is 5.43 Å². The van der Waals surface area contributed by atoms with E-state index in [0.717, 1.165) is 5.56 Å². The van der Waals surface area contributed by atoms with E-state index in [9.17, 15) is 4.79 Å². The Labute approximate surface area is 140 Å². The van der Waals surface area contributed by atoms with Gasteiger partial charge >= 0.3 is 0 Å². The Balaban J connectivity index is 2.06. The van der Waals surface area contributed by atoms with Gasteiger partial charge in [0.2, 0.25) is 5.43 Å². The fourth-order valence-electron chi connectivity index (χ4n) is 1.99. The molecule has 0 aliphatic heterocycles. The molecule has 1 aromatic heterocycles. The molecule has 0 spiro atoms. The lowest BCUT2D eigenvalue weighted by molar-refractivity contribution is 0.586. The van der Waals surface area contributed by atoms with Crippen LogP contribution in [0.15, 0.2) is 57.7 Å². The average Bonchev–Trinajstić information content (AvgIpc) is 2.51. The van der Waals surface area contributed by atoms with Crippen molar-refractivity contribution in [2.24, 2.45) is 0 Å². The van der Waals surface area contributed by atoms with Crippen molar-refractivity contribution in [1.29, 1.82) is 0 Å². The van der Waals surface area contributed by atoms with Crippen molar-refractivity contribution >= 4 is 57.3 Å². The Kier molecular flexibility index (Phi) is 4.12. The Morgan fingerprint density at radius 2 is 1.71 bits per heavy atom. The van der Waals surface area contributed by atoms with Gasteiger partial charge in [-0.15, -0.1) is 0 Å². The van der Waals surface area contributed by atoms with E-state index in [4.69, 9.17) is 16.0 Å². The summed E-state index contributed by atoms with van der Waals surface area (Å²) in [5, 5.41) is 1.30. The molecule has 0 aliphatic rings. The van der Waals surface area contributed by atoms with Crippen molar-refractivity contribution in [2.75, 3.05) is 0 Å². The van der Waals surface area contributed by atoms with E-state index in [0.29, 0.717) is 25.3 Å². The zero-order valence-corrected chi connectivity index (χ0v) is 13.8. The van der Waals surface area contributed by atoms with Gasteiger partial charge in [0.15, 0.2) is 0 Å². The smallest absolute Gasteiger partial charge is 0.206 e. The lowest BCUT2D eigenvalue weighted by Gasteiger charge is -2.02. The molecule has 0 saturated heterocycles. The van der Waals surface area contributed by atoms with Crippen LogP contribution in [0.4, 0.5) is 0 Å². The van der Waals surface area contributed by atoms with Gasteiger partial charge in [-0.2, -0.15) is 0 Å². The number of benzene rings is 2. The molecule has 3 aromatic rings. The first-order valence-electron chi connectivity index (χ1n) is 6.30. The third-order valence-corrected chi connectivity index (χ3v) is 4.34. The van der Waals surface area contributed by atoms with Gasteiger partial charge in [-0.25, -0.2) is 0 Å². The lowest BCUT2D eigenvalue weighted by Crippen LogP contribution is -2.07. The highest BCUT2D eigenvalue weighted by molar-refractivity contribution is 14.1. The van der Waals surface area contributed by atoms with Gasteiger partial charge in [0.1, 0.15) is 14.9 Å². The van der Waals surface area contributed by atoms with Gasteiger partial charge in [0, 0.05) is 5.02 Å². The topological polar surface area (TPSA) is 30.2 Å². The zero-order valence-electron chi connectivity index (χ0n) is 10.8. The summed E-state index contributed by atoms with van der Waals surface area (Å²) < 4.78 is 6.38. The summed E-state index contributed by atoms with van der Waals surface area (Å²) in [6, 6.07) is 14.7. The largest absolute Gasteiger partial charge is 0.455 e. The van der Waals surface area contributed by atoms with Crippen LogP contribution in [0.25, 0.3) is 23.1 Å². The minimum absolute atomic E-state index is 0.00629. The number of hydrogen-bond donors (Lipinski definition) is 0. The van der Waals surface area contributed by atoms with Crippen LogP contribution in [-0.2, 0) is 0 Å². The Hall–Kier alpha value is -1.59. The highest BCUT2D eigenvalue weighted by Crippen LogP contribution is 2.19. The summed E-state index contributed by atoms with van der Waals surface area (Å²) in [7, 11) is 0. The van der Waals surface area contributed by atoms with E-state index in [1.807, 2.05) is 65.1 Å². The van der Waals surface area contributed by atoms with Gasteiger partial charge in [-0.05, 0) is 58.5 Å². The quantitative estimate of drug-likeness (QED) is 0.544. The van der Waals surface area contributed by atoms with Gasteiger partial charge in [-0.1, -0.05) is 41.9 Å². The first kappa shape index (κ1) is 14.4. The van der Waals surface area contributed by atoms with E-state index in [1.165, 1.54) is 0 Å². The molecule has 0 unspecified atom stereocenters. The van der Waals surface area contributed by atoms with Gasteiger partial charge < -0.3 is 4.42 Å². The molecule has 0 N–H and O–H groups in total. The zero-order chi connectivity index (χ0) is 14.8. The molecule has 0 radical (unpaired) electrons. The first-order valence-corrected chi connectivity index (χ1v) is 7.76. The highest BCUT2D eigenvalue weighted by Gasteiger charge is 2.09. The van der Waals surface area contributed by atoms with Crippen molar-refractivity contribution in [2.45, 2.75) is 0 Å². The van der Waals surface area contributed by atoms with Gasteiger partial charge in [0.05, 0.1) is 5.39 Å². The van der Waals surface area contributed by atoms with Crippen LogP contribution in [-0.4, -0.2) is 0 Å². The SMILES string of the molecule is O=c1c(I)c(/C=C/c2ccc(Cl)cc2)oc2ccccc12. The molecular weight excluding hydrogens is 399 g/mol. The number of para-hydroxylation sites is 1. The molecule has 2 aromatic carbocycles. The van der Waals surface area contributed by atoms with Crippen LogP contribution < -0.4 is 5.43 Å². The van der Waals surface area contributed by atoms with Crippen LogP contribution in [0.1, 0.15) is 11.3 Å². The Morgan fingerprint density at radius 1 is 1.00 bits per heavy atom. The van der Waals surface area contributed by atoms with Crippen molar-refractivity contribution in [1.82, 2.24) is 0 Å². The molecule has 1 heterocycles. The van der Waals surface area contributed by atoms with E-state index in [1.54, 1.807) is 18.2 Å². The molecule has 0 aliphatic carbocycles. The number of fused-ring (bicyclic) bond motifs is 1. The molecule has 21 heavy (non-hydrogen) atoms. The fourth-order valence-corrected chi connectivity index (χ4v) is 2.70. The van der Waals surface area contributed by atoms with Crippen LogP contribution in [0.2, 0.25) is 5.02 Å². The molecular formula is C17H10ClIO2. The summed E-state index contributed by atoms with van der Waals surface area (Å²) in [5.74, 6) is 0.564. The van der Waals surface area contributed by atoms with Crippen molar-refractivity contribution in [3.05, 3.63) is 78.7 Å². The lowest BCUT2D eigenvalue weighted by atomic mass is 10.2. The monoisotopic (exact) mass is 408 g/mol. The standard InChI is InChI=1S/C17H10ClIO2/c18-12-8-5-11(6-9-12)7-10-15-16(19)17(20)13-3-1-2-4-14(13)21-15/h1-10H/b10-7+. The molecule has 3 rings (SSSR count). The van der Waals surface area contributed by atoms with Gasteiger partial charge in [0.25, 0.3) is 0 Å². The van der Waals surface area contributed by atoms with Crippen LogP contribution in [0.5, 0.6) is 0 Å². The average molecular weight is 409 g/mol. The van der Waals surface area contributed by atoms with E-state index < -0.39 is 0 Å². The third kappa shape index (κ3) is 3.04. The van der Waals surface area contributed by atoms with Gasteiger partial charge in [-0.3, -0.25) is 4.79 Å².